The van der Waals surface area contributed by atoms with E-state index < -0.39 is 0 Å². The third kappa shape index (κ3) is 4.06. The number of thioether (sulfide) groups is 1. The van der Waals surface area contributed by atoms with Crippen LogP contribution >= 0.6 is 23.3 Å². The Balaban J connectivity index is 2.20. The monoisotopic (exact) mass is 217 g/mol. The zero-order chi connectivity index (χ0) is 9.68. The van der Waals surface area contributed by atoms with Crippen molar-refractivity contribution in [1.82, 2.24) is 14.7 Å². The minimum atomic E-state index is 0.585. The van der Waals surface area contributed by atoms with E-state index >= 15 is 0 Å². The molecule has 0 amide bonds. The molecular formula is C8H15N3S2. The van der Waals surface area contributed by atoms with Crippen molar-refractivity contribution in [2.75, 3.05) is 12.8 Å². The fourth-order valence-corrected chi connectivity index (χ4v) is 2.64. The first-order valence-electron chi connectivity index (χ1n) is 4.32. The van der Waals surface area contributed by atoms with Crippen LogP contribution in [0.15, 0.2) is 4.34 Å². The molecule has 0 aliphatic heterocycles. The highest BCUT2D eigenvalue weighted by molar-refractivity contribution is 8.00. The van der Waals surface area contributed by atoms with E-state index in [0.717, 1.165) is 15.9 Å². The van der Waals surface area contributed by atoms with Crippen molar-refractivity contribution in [3.8, 4) is 0 Å². The van der Waals surface area contributed by atoms with E-state index in [-0.39, 0.29) is 0 Å². The average Bonchev–Trinajstić information content (AvgIpc) is 2.51. The molecule has 0 aliphatic rings. The number of hydrogen-bond acceptors (Lipinski definition) is 5. The third-order valence-electron chi connectivity index (χ3n) is 1.78. The molecule has 1 rings (SSSR count). The number of aromatic nitrogens is 2. The van der Waals surface area contributed by atoms with Crippen molar-refractivity contribution in [1.29, 1.82) is 0 Å². The van der Waals surface area contributed by atoms with Gasteiger partial charge in [0.05, 0.1) is 0 Å². The van der Waals surface area contributed by atoms with Crippen LogP contribution in [-0.2, 0) is 0 Å². The molecule has 0 fully saturated rings. The Bertz CT molecular complexity index is 249. The van der Waals surface area contributed by atoms with Crippen molar-refractivity contribution in [3.05, 3.63) is 5.82 Å². The van der Waals surface area contributed by atoms with Crippen LogP contribution in [0.25, 0.3) is 0 Å². The second kappa shape index (κ2) is 5.57. The van der Waals surface area contributed by atoms with Gasteiger partial charge in [-0.2, -0.15) is 4.37 Å². The largest absolute Gasteiger partial charge is 0.317 e. The van der Waals surface area contributed by atoms with Crippen LogP contribution in [0, 0.1) is 6.92 Å². The summed E-state index contributed by atoms with van der Waals surface area (Å²) in [5.74, 6) is 1.99. The van der Waals surface area contributed by atoms with Gasteiger partial charge in [-0.3, -0.25) is 0 Å². The lowest BCUT2D eigenvalue weighted by Crippen LogP contribution is -2.21. The highest BCUT2D eigenvalue weighted by Gasteiger charge is 2.02. The Kier molecular flexibility index (Phi) is 4.69. The molecule has 13 heavy (non-hydrogen) atoms. The maximum absolute atomic E-state index is 4.28. The Morgan fingerprint density at radius 3 is 2.92 bits per heavy atom. The molecule has 0 radical (unpaired) electrons. The Hall–Kier alpha value is -0.130. The molecule has 1 aromatic heterocycles. The SMILES string of the molecule is CNC(C)CCSc1nc(C)ns1. The van der Waals surface area contributed by atoms with Crippen LogP contribution in [0.5, 0.6) is 0 Å². The molecule has 1 N–H and O–H groups in total. The van der Waals surface area contributed by atoms with Gasteiger partial charge in [0.2, 0.25) is 0 Å². The topological polar surface area (TPSA) is 37.8 Å². The summed E-state index contributed by atoms with van der Waals surface area (Å²) in [6, 6.07) is 0.585. The van der Waals surface area contributed by atoms with Gasteiger partial charge in [-0.25, -0.2) is 4.98 Å². The summed E-state index contributed by atoms with van der Waals surface area (Å²) in [6.07, 6.45) is 1.17. The molecule has 1 atom stereocenters. The number of nitrogens with one attached hydrogen (secondary N) is 1. The molecule has 0 saturated carbocycles. The fourth-order valence-electron chi connectivity index (χ4n) is 0.804. The first-order chi connectivity index (χ1) is 6.22. The predicted octanol–water partition coefficient (Wildman–Crippen LogP) is 1.94. The first-order valence-corrected chi connectivity index (χ1v) is 6.08. The lowest BCUT2D eigenvalue weighted by Gasteiger charge is -2.07. The summed E-state index contributed by atoms with van der Waals surface area (Å²) >= 11 is 3.28. The number of rotatable bonds is 5. The van der Waals surface area contributed by atoms with Crippen LogP contribution in [-0.4, -0.2) is 28.2 Å². The van der Waals surface area contributed by atoms with Crippen molar-refractivity contribution in [2.45, 2.75) is 30.6 Å². The van der Waals surface area contributed by atoms with Crippen molar-refractivity contribution in [3.63, 3.8) is 0 Å². The molecule has 0 aromatic carbocycles. The molecular weight excluding hydrogens is 202 g/mol. The van der Waals surface area contributed by atoms with Crippen LogP contribution < -0.4 is 5.32 Å². The summed E-state index contributed by atoms with van der Waals surface area (Å²) in [5, 5.41) is 3.21. The van der Waals surface area contributed by atoms with E-state index in [2.05, 4.69) is 21.6 Å². The first kappa shape index (κ1) is 10.9. The summed E-state index contributed by atoms with van der Waals surface area (Å²) < 4.78 is 5.21. The predicted molar refractivity (Wildman–Crippen MR) is 58.5 cm³/mol. The minimum absolute atomic E-state index is 0.585. The van der Waals surface area contributed by atoms with E-state index in [4.69, 9.17) is 0 Å². The molecule has 0 aliphatic carbocycles. The molecule has 74 valence electrons. The van der Waals surface area contributed by atoms with Gasteiger partial charge in [0.15, 0.2) is 4.34 Å². The maximum Gasteiger partial charge on any atom is 0.170 e. The van der Waals surface area contributed by atoms with Gasteiger partial charge in [-0.05, 0) is 38.8 Å². The van der Waals surface area contributed by atoms with Gasteiger partial charge in [0.25, 0.3) is 0 Å². The van der Waals surface area contributed by atoms with Crippen molar-refractivity contribution < 1.29 is 0 Å². The Labute approximate surface area is 87.5 Å². The zero-order valence-corrected chi connectivity index (χ0v) is 9.84. The van der Waals surface area contributed by atoms with E-state index in [1.165, 1.54) is 18.0 Å². The van der Waals surface area contributed by atoms with Crippen LogP contribution in [0.2, 0.25) is 0 Å². The molecule has 1 unspecified atom stereocenters. The molecule has 5 heteroatoms. The van der Waals surface area contributed by atoms with E-state index in [1.807, 2.05) is 14.0 Å². The highest BCUT2D eigenvalue weighted by atomic mass is 32.2. The van der Waals surface area contributed by atoms with Gasteiger partial charge in [-0.15, -0.1) is 0 Å². The summed E-state index contributed by atoms with van der Waals surface area (Å²) in [7, 11) is 1.99. The number of hydrogen-bond donors (Lipinski definition) is 1. The quantitative estimate of drug-likeness (QED) is 0.765. The van der Waals surface area contributed by atoms with Gasteiger partial charge >= 0.3 is 0 Å². The highest BCUT2D eigenvalue weighted by Crippen LogP contribution is 2.20. The smallest absolute Gasteiger partial charge is 0.170 e. The summed E-state index contributed by atoms with van der Waals surface area (Å²) in [4.78, 5) is 4.28. The van der Waals surface area contributed by atoms with Gasteiger partial charge < -0.3 is 5.32 Å². The average molecular weight is 217 g/mol. The normalized spacial score (nSPS) is 13.2. The molecule has 0 spiro atoms. The lowest BCUT2D eigenvalue weighted by atomic mass is 10.3. The summed E-state index contributed by atoms with van der Waals surface area (Å²) in [6.45, 7) is 4.11. The molecule has 0 bridgehead atoms. The van der Waals surface area contributed by atoms with E-state index in [1.54, 1.807) is 11.8 Å². The lowest BCUT2D eigenvalue weighted by molar-refractivity contribution is 0.598. The Morgan fingerprint density at radius 1 is 1.62 bits per heavy atom. The maximum atomic E-state index is 4.28. The fraction of sp³-hybridized carbons (Fsp3) is 0.750. The van der Waals surface area contributed by atoms with Crippen LogP contribution in [0.1, 0.15) is 19.2 Å². The van der Waals surface area contributed by atoms with Crippen molar-refractivity contribution >= 4 is 23.3 Å². The van der Waals surface area contributed by atoms with Gasteiger partial charge in [0, 0.05) is 11.8 Å². The van der Waals surface area contributed by atoms with E-state index in [9.17, 15) is 0 Å². The zero-order valence-electron chi connectivity index (χ0n) is 8.20. The Morgan fingerprint density at radius 2 is 2.38 bits per heavy atom. The molecule has 0 saturated heterocycles. The molecule has 3 nitrogen and oxygen atoms in total. The number of aryl methyl sites for hydroxylation is 1. The number of nitrogens with zero attached hydrogens (tertiary/aromatic N) is 2. The van der Waals surface area contributed by atoms with Crippen molar-refractivity contribution in [2.24, 2.45) is 0 Å². The molecule has 1 aromatic rings. The molecule has 1 heterocycles. The van der Waals surface area contributed by atoms with E-state index in [0.29, 0.717) is 6.04 Å². The van der Waals surface area contributed by atoms with Gasteiger partial charge in [-0.1, -0.05) is 11.8 Å². The van der Waals surface area contributed by atoms with Crippen LogP contribution in [0.3, 0.4) is 0 Å². The second-order valence-electron chi connectivity index (χ2n) is 2.93. The third-order valence-corrected chi connectivity index (χ3v) is 3.74. The minimum Gasteiger partial charge on any atom is -0.317 e. The van der Waals surface area contributed by atoms with Gasteiger partial charge in [0.1, 0.15) is 5.82 Å². The second-order valence-corrected chi connectivity index (χ2v) is 5.03. The van der Waals surface area contributed by atoms with Crippen LogP contribution in [0.4, 0.5) is 0 Å². The summed E-state index contributed by atoms with van der Waals surface area (Å²) in [5.41, 5.74) is 0. The standard InChI is InChI=1S/C8H15N3S2/c1-6(9-3)4-5-12-8-10-7(2)11-13-8/h6,9H,4-5H2,1-3H3.